The Kier molecular flexibility index (Phi) is 6.10. The Bertz CT molecular complexity index is 1170. The second kappa shape index (κ2) is 8.62. The standard InChI is InChI=1S/C20H24N4O3S3/c1-22-19(15-5-7-17(27-2)8-6-15)21-24(20(22)28)14-23(12-18-4-3-10-29-18)16-9-11-30(25,26)13-16/h3-8,10,16H,9,11-14H2,1-2H3. The molecule has 0 radical (unpaired) electrons. The Balaban J connectivity index is 1.63. The topological polar surface area (TPSA) is 69.4 Å². The fraction of sp³-hybridized carbons (Fsp3) is 0.400. The summed E-state index contributed by atoms with van der Waals surface area (Å²) >= 11 is 7.31. The Morgan fingerprint density at radius 1 is 1.30 bits per heavy atom. The van der Waals surface area contributed by atoms with Gasteiger partial charge in [-0.05, 0) is 54.4 Å². The van der Waals surface area contributed by atoms with Crippen molar-refractivity contribution in [2.75, 3.05) is 18.6 Å². The van der Waals surface area contributed by atoms with Crippen molar-refractivity contribution in [1.29, 1.82) is 0 Å². The number of sulfone groups is 1. The molecular formula is C20H24N4O3S3. The van der Waals surface area contributed by atoms with Gasteiger partial charge in [0.05, 0.1) is 25.3 Å². The molecule has 160 valence electrons. The van der Waals surface area contributed by atoms with E-state index in [-0.39, 0.29) is 17.5 Å². The molecule has 0 N–H and O–H groups in total. The maximum atomic E-state index is 12.1. The lowest BCUT2D eigenvalue weighted by atomic mass is 10.2. The van der Waals surface area contributed by atoms with E-state index in [2.05, 4.69) is 11.0 Å². The summed E-state index contributed by atoms with van der Waals surface area (Å²) in [6, 6.07) is 11.7. The Morgan fingerprint density at radius 3 is 2.67 bits per heavy atom. The Hall–Kier alpha value is -2.01. The Labute approximate surface area is 185 Å². The van der Waals surface area contributed by atoms with Crippen LogP contribution in [-0.4, -0.2) is 52.3 Å². The van der Waals surface area contributed by atoms with Crippen LogP contribution in [0.15, 0.2) is 41.8 Å². The van der Waals surface area contributed by atoms with Crippen molar-refractivity contribution in [3.05, 3.63) is 51.4 Å². The first-order valence-electron chi connectivity index (χ1n) is 9.61. The van der Waals surface area contributed by atoms with Gasteiger partial charge in [-0.3, -0.25) is 4.90 Å². The molecule has 1 aromatic carbocycles. The number of rotatable bonds is 7. The molecule has 0 saturated carbocycles. The second-order valence-electron chi connectivity index (χ2n) is 7.42. The smallest absolute Gasteiger partial charge is 0.199 e. The van der Waals surface area contributed by atoms with Crippen molar-refractivity contribution in [3.63, 3.8) is 0 Å². The van der Waals surface area contributed by atoms with Crippen LogP contribution in [0.4, 0.5) is 0 Å². The van der Waals surface area contributed by atoms with Gasteiger partial charge in [0.15, 0.2) is 20.4 Å². The number of methoxy groups -OCH3 is 1. The van der Waals surface area contributed by atoms with E-state index in [0.717, 1.165) is 17.1 Å². The van der Waals surface area contributed by atoms with Crippen LogP contribution < -0.4 is 4.74 Å². The maximum absolute atomic E-state index is 12.1. The van der Waals surface area contributed by atoms with E-state index in [1.807, 2.05) is 47.3 Å². The summed E-state index contributed by atoms with van der Waals surface area (Å²) in [6.45, 7) is 1.12. The predicted octanol–water partition coefficient (Wildman–Crippen LogP) is 3.33. The lowest BCUT2D eigenvalue weighted by Gasteiger charge is -2.27. The van der Waals surface area contributed by atoms with Crippen LogP contribution in [0.1, 0.15) is 11.3 Å². The van der Waals surface area contributed by atoms with E-state index in [1.165, 1.54) is 4.88 Å². The molecule has 1 saturated heterocycles. The molecule has 0 aliphatic carbocycles. The summed E-state index contributed by atoms with van der Waals surface area (Å²) in [4.78, 5) is 3.37. The number of hydrogen-bond donors (Lipinski definition) is 0. The minimum Gasteiger partial charge on any atom is -0.497 e. The first-order valence-corrected chi connectivity index (χ1v) is 12.7. The molecule has 0 amide bonds. The zero-order chi connectivity index (χ0) is 21.3. The molecule has 0 spiro atoms. The van der Waals surface area contributed by atoms with E-state index >= 15 is 0 Å². The molecule has 3 heterocycles. The fourth-order valence-electron chi connectivity index (χ4n) is 3.70. The van der Waals surface area contributed by atoms with E-state index in [1.54, 1.807) is 23.1 Å². The molecule has 1 aliphatic rings. The molecule has 4 rings (SSSR count). The average molecular weight is 465 g/mol. The van der Waals surface area contributed by atoms with Crippen molar-refractivity contribution in [2.45, 2.75) is 25.7 Å². The molecule has 3 aromatic rings. The van der Waals surface area contributed by atoms with Crippen molar-refractivity contribution < 1.29 is 13.2 Å². The van der Waals surface area contributed by atoms with Gasteiger partial charge in [0.1, 0.15) is 5.75 Å². The molecule has 2 aromatic heterocycles. The van der Waals surface area contributed by atoms with Gasteiger partial charge >= 0.3 is 0 Å². The maximum Gasteiger partial charge on any atom is 0.199 e. The zero-order valence-electron chi connectivity index (χ0n) is 16.9. The zero-order valence-corrected chi connectivity index (χ0v) is 19.3. The summed E-state index contributed by atoms with van der Waals surface area (Å²) in [6.07, 6.45) is 0.638. The predicted molar refractivity (Wildman–Crippen MR) is 121 cm³/mol. The number of benzene rings is 1. The summed E-state index contributed by atoms with van der Waals surface area (Å²) in [5, 5.41) is 6.79. The van der Waals surface area contributed by atoms with E-state index in [4.69, 9.17) is 22.1 Å². The first-order chi connectivity index (χ1) is 14.4. The first kappa shape index (κ1) is 21.2. The highest BCUT2D eigenvalue weighted by Crippen LogP contribution is 2.24. The third-order valence-corrected chi connectivity index (χ3v) is 8.46. The molecule has 30 heavy (non-hydrogen) atoms. The number of aromatic nitrogens is 3. The molecule has 10 heteroatoms. The molecule has 7 nitrogen and oxygen atoms in total. The monoisotopic (exact) mass is 464 g/mol. The van der Waals surface area contributed by atoms with Crippen LogP contribution in [0.2, 0.25) is 0 Å². The van der Waals surface area contributed by atoms with Crippen LogP contribution in [0.25, 0.3) is 11.4 Å². The number of thiophene rings is 1. The quantitative estimate of drug-likeness (QED) is 0.500. The molecule has 1 fully saturated rings. The van der Waals surface area contributed by atoms with Gasteiger partial charge in [-0.1, -0.05) is 6.07 Å². The Morgan fingerprint density at radius 2 is 2.07 bits per heavy atom. The van der Waals surface area contributed by atoms with Crippen molar-refractivity contribution in [2.24, 2.45) is 7.05 Å². The summed E-state index contributed by atoms with van der Waals surface area (Å²) in [5.74, 6) is 1.97. The third kappa shape index (κ3) is 4.51. The summed E-state index contributed by atoms with van der Waals surface area (Å²) in [5.41, 5.74) is 0.941. The minimum absolute atomic E-state index is 0.0366. The van der Waals surface area contributed by atoms with Gasteiger partial charge in [-0.15, -0.1) is 11.3 Å². The van der Waals surface area contributed by atoms with Crippen LogP contribution in [0.5, 0.6) is 5.75 Å². The lowest BCUT2D eigenvalue weighted by molar-refractivity contribution is 0.147. The van der Waals surface area contributed by atoms with E-state index < -0.39 is 9.84 Å². The van der Waals surface area contributed by atoms with E-state index in [0.29, 0.717) is 24.4 Å². The van der Waals surface area contributed by atoms with Crippen LogP contribution in [0, 0.1) is 4.77 Å². The normalized spacial score (nSPS) is 18.2. The number of ether oxygens (including phenoxy) is 1. The van der Waals surface area contributed by atoms with Gasteiger partial charge in [0, 0.05) is 30.1 Å². The van der Waals surface area contributed by atoms with Gasteiger partial charge in [0.25, 0.3) is 0 Å². The number of nitrogens with zero attached hydrogens (tertiary/aromatic N) is 4. The summed E-state index contributed by atoms with van der Waals surface area (Å²) in [7, 11) is 0.548. The highest BCUT2D eigenvalue weighted by Gasteiger charge is 2.33. The molecule has 1 unspecified atom stereocenters. The molecule has 1 aliphatic heterocycles. The second-order valence-corrected chi connectivity index (χ2v) is 11.0. The third-order valence-electron chi connectivity index (χ3n) is 5.37. The minimum atomic E-state index is -2.99. The van der Waals surface area contributed by atoms with Crippen molar-refractivity contribution in [3.8, 4) is 17.1 Å². The van der Waals surface area contributed by atoms with Gasteiger partial charge in [-0.2, -0.15) is 5.10 Å². The van der Waals surface area contributed by atoms with Crippen LogP contribution >= 0.6 is 23.6 Å². The lowest BCUT2D eigenvalue weighted by Crippen LogP contribution is -2.37. The highest BCUT2D eigenvalue weighted by atomic mass is 32.2. The van der Waals surface area contributed by atoms with Crippen molar-refractivity contribution >= 4 is 33.4 Å². The van der Waals surface area contributed by atoms with Gasteiger partial charge in [0.2, 0.25) is 0 Å². The molecule has 0 bridgehead atoms. The van der Waals surface area contributed by atoms with Gasteiger partial charge in [-0.25, -0.2) is 13.1 Å². The summed E-state index contributed by atoms with van der Waals surface area (Å²) < 4.78 is 33.7. The van der Waals surface area contributed by atoms with Gasteiger partial charge < -0.3 is 9.30 Å². The highest BCUT2D eigenvalue weighted by molar-refractivity contribution is 7.91. The van der Waals surface area contributed by atoms with Crippen molar-refractivity contribution in [1.82, 2.24) is 19.2 Å². The van der Waals surface area contributed by atoms with Crippen LogP contribution in [-0.2, 0) is 30.1 Å². The average Bonchev–Trinajstić information content (AvgIpc) is 3.44. The molecular weight excluding hydrogens is 440 g/mol. The largest absolute Gasteiger partial charge is 0.497 e. The number of hydrogen-bond acceptors (Lipinski definition) is 7. The van der Waals surface area contributed by atoms with E-state index in [9.17, 15) is 8.42 Å². The fourth-order valence-corrected chi connectivity index (χ4v) is 6.38. The SMILES string of the molecule is COc1ccc(-c2nn(CN(Cc3cccs3)C3CCS(=O)(=O)C3)c(=S)n2C)cc1. The van der Waals surface area contributed by atoms with Crippen LogP contribution in [0.3, 0.4) is 0 Å². The molecule has 1 atom stereocenters.